The summed E-state index contributed by atoms with van der Waals surface area (Å²) in [6.45, 7) is 0. The fourth-order valence-electron chi connectivity index (χ4n) is 2.06. The molecule has 0 aliphatic carbocycles. The molecule has 4 nitrogen and oxygen atoms in total. The van der Waals surface area contributed by atoms with Gasteiger partial charge in [0.15, 0.2) is 28.9 Å². The van der Waals surface area contributed by atoms with E-state index in [0.29, 0.717) is 11.1 Å². The lowest BCUT2D eigenvalue weighted by molar-refractivity contribution is 0.0969. The molecule has 0 spiro atoms. The van der Waals surface area contributed by atoms with Crippen molar-refractivity contribution in [3.63, 3.8) is 0 Å². The third-order valence-electron chi connectivity index (χ3n) is 3.15. The second-order valence-corrected chi connectivity index (χ2v) is 4.58. The molecule has 6 heteroatoms. The van der Waals surface area contributed by atoms with Crippen molar-refractivity contribution in [3.05, 3.63) is 65.6 Å². The van der Waals surface area contributed by atoms with Crippen molar-refractivity contribution in [3.8, 4) is 6.07 Å². The summed E-state index contributed by atoms with van der Waals surface area (Å²) in [5.74, 6) is -4.31. The molecule has 3 rings (SSSR count). The lowest BCUT2D eigenvalue weighted by Crippen LogP contribution is -2.12. The molecule has 3 aromatic rings. The molecule has 0 saturated heterocycles. The molecular weight excluding hydrogens is 290 g/mol. The molecule has 0 unspecified atom stereocenters. The number of oxazole rings is 1. The van der Waals surface area contributed by atoms with E-state index in [0.717, 1.165) is 18.2 Å². The molecule has 108 valence electrons. The summed E-state index contributed by atoms with van der Waals surface area (Å²) >= 11 is 0. The Bertz CT molecular complexity index is 879. The first kappa shape index (κ1) is 13.9. The second-order valence-electron chi connectivity index (χ2n) is 4.58. The third-order valence-corrected chi connectivity index (χ3v) is 3.15. The van der Waals surface area contributed by atoms with Crippen LogP contribution in [0.25, 0.3) is 11.1 Å². The third kappa shape index (κ3) is 2.33. The quantitative estimate of drug-likeness (QED) is 0.693. The molecule has 0 N–H and O–H groups in total. The van der Waals surface area contributed by atoms with E-state index in [2.05, 4.69) is 4.98 Å². The summed E-state index contributed by atoms with van der Waals surface area (Å²) in [6.07, 6.45) is 0. The molecule has 0 bridgehead atoms. The van der Waals surface area contributed by atoms with E-state index in [4.69, 9.17) is 4.42 Å². The first-order valence-electron chi connectivity index (χ1n) is 6.34. The van der Waals surface area contributed by atoms with Gasteiger partial charge in [0.25, 0.3) is 0 Å². The van der Waals surface area contributed by atoms with Gasteiger partial charge < -0.3 is 4.42 Å². The molecule has 1 atom stereocenters. The normalized spacial score (nSPS) is 12.0. The number of nitrogens with zero attached hydrogens (tertiary/aromatic N) is 2. The molecule has 0 amide bonds. The highest BCUT2D eigenvalue weighted by Crippen LogP contribution is 2.24. The first-order valence-corrected chi connectivity index (χ1v) is 6.34. The SMILES string of the molecule is N#C[C@@H](C(=O)c1ccc(F)c(F)c1)c1nc2ccccc2o1. The van der Waals surface area contributed by atoms with Crippen LogP contribution in [0.2, 0.25) is 0 Å². The second kappa shape index (κ2) is 5.37. The number of para-hydroxylation sites is 2. The smallest absolute Gasteiger partial charge is 0.220 e. The maximum Gasteiger partial charge on any atom is 0.220 e. The van der Waals surface area contributed by atoms with Gasteiger partial charge in [-0.1, -0.05) is 12.1 Å². The van der Waals surface area contributed by atoms with Crippen LogP contribution in [0.5, 0.6) is 0 Å². The van der Waals surface area contributed by atoms with Crippen molar-refractivity contribution in [2.75, 3.05) is 0 Å². The van der Waals surface area contributed by atoms with Crippen molar-refractivity contribution >= 4 is 16.9 Å². The van der Waals surface area contributed by atoms with Crippen LogP contribution in [0.1, 0.15) is 22.2 Å². The number of benzene rings is 2. The number of hydrogen-bond donors (Lipinski definition) is 0. The number of nitriles is 1. The van der Waals surface area contributed by atoms with E-state index in [-0.39, 0.29) is 11.5 Å². The molecule has 2 aromatic carbocycles. The minimum atomic E-state index is -1.32. The maximum atomic E-state index is 13.2. The average molecular weight is 298 g/mol. The van der Waals surface area contributed by atoms with Crippen LogP contribution in [0.15, 0.2) is 46.9 Å². The van der Waals surface area contributed by atoms with E-state index >= 15 is 0 Å². The van der Waals surface area contributed by atoms with Crippen LogP contribution in [-0.2, 0) is 0 Å². The number of carbonyl (C=O) groups is 1. The van der Waals surface area contributed by atoms with Gasteiger partial charge in [0, 0.05) is 5.56 Å². The number of aromatic nitrogens is 1. The summed E-state index contributed by atoms with van der Waals surface area (Å²) in [5, 5.41) is 9.22. The van der Waals surface area contributed by atoms with Crippen LogP contribution < -0.4 is 0 Å². The van der Waals surface area contributed by atoms with Crippen molar-refractivity contribution in [2.24, 2.45) is 0 Å². The van der Waals surface area contributed by atoms with Crippen molar-refractivity contribution in [1.82, 2.24) is 4.98 Å². The molecule has 0 saturated carbocycles. The Kier molecular flexibility index (Phi) is 3.39. The zero-order valence-corrected chi connectivity index (χ0v) is 11.1. The minimum Gasteiger partial charge on any atom is -0.439 e. The number of halogens is 2. The maximum absolute atomic E-state index is 13.2. The molecule has 0 aliphatic rings. The molecule has 1 heterocycles. The number of rotatable bonds is 3. The molecule has 1 aromatic heterocycles. The van der Waals surface area contributed by atoms with Crippen LogP contribution in [-0.4, -0.2) is 10.8 Å². The molecule has 22 heavy (non-hydrogen) atoms. The molecular formula is C16H8F2N2O2. The summed E-state index contributed by atoms with van der Waals surface area (Å²) in [4.78, 5) is 16.4. The summed E-state index contributed by atoms with van der Waals surface area (Å²) < 4.78 is 31.5. The Labute approximate surface area is 123 Å². The Balaban J connectivity index is 2.01. The highest BCUT2D eigenvalue weighted by atomic mass is 19.2. The van der Waals surface area contributed by atoms with Gasteiger partial charge in [-0.3, -0.25) is 4.79 Å². The molecule has 0 radical (unpaired) electrons. The average Bonchev–Trinajstić information content (AvgIpc) is 2.94. The summed E-state index contributed by atoms with van der Waals surface area (Å²) in [5.41, 5.74) is 0.833. The van der Waals surface area contributed by atoms with Crippen molar-refractivity contribution in [2.45, 2.75) is 5.92 Å². The number of ketones is 1. The number of fused-ring (bicyclic) bond motifs is 1. The Morgan fingerprint density at radius 1 is 1.18 bits per heavy atom. The van der Waals surface area contributed by atoms with Gasteiger partial charge in [0.2, 0.25) is 5.89 Å². The standard InChI is InChI=1S/C16H8F2N2O2/c17-11-6-5-9(7-12(11)18)15(21)10(8-19)16-20-13-3-1-2-4-14(13)22-16/h1-7,10H/t10-/m0/s1. The Morgan fingerprint density at radius 3 is 2.64 bits per heavy atom. The first-order chi connectivity index (χ1) is 10.6. The fourth-order valence-corrected chi connectivity index (χ4v) is 2.06. The lowest BCUT2D eigenvalue weighted by atomic mass is 9.98. The lowest BCUT2D eigenvalue weighted by Gasteiger charge is -2.04. The van der Waals surface area contributed by atoms with E-state index in [1.807, 2.05) is 0 Å². The van der Waals surface area contributed by atoms with Crippen molar-refractivity contribution < 1.29 is 18.0 Å². The number of hydrogen-bond acceptors (Lipinski definition) is 4. The van der Waals surface area contributed by atoms with Gasteiger partial charge in [-0.05, 0) is 30.3 Å². The van der Waals surface area contributed by atoms with Gasteiger partial charge in [-0.25, -0.2) is 13.8 Å². The number of Topliss-reactive ketones (excluding diaryl/α,β-unsaturated/α-hetero) is 1. The van der Waals surface area contributed by atoms with E-state index in [1.165, 1.54) is 0 Å². The van der Waals surface area contributed by atoms with E-state index in [1.54, 1.807) is 30.3 Å². The fraction of sp³-hybridized carbons (Fsp3) is 0.0625. The summed E-state index contributed by atoms with van der Waals surface area (Å²) in [7, 11) is 0. The highest BCUT2D eigenvalue weighted by molar-refractivity contribution is 6.02. The van der Waals surface area contributed by atoms with Gasteiger partial charge >= 0.3 is 0 Å². The van der Waals surface area contributed by atoms with Crippen LogP contribution in [0.3, 0.4) is 0 Å². The Hall–Kier alpha value is -3.07. The van der Waals surface area contributed by atoms with E-state index < -0.39 is 23.3 Å². The Morgan fingerprint density at radius 2 is 1.95 bits per heavy atom. The predicted molar refractivity (Wildman–Crippen MR) is 73.1 cm³/mol. The van der Waals surface area contributed by atoms with Crippen LogP contribution >= 0.6 is 0 Å². The molecule has 0 aliphatic heterocycles. The monoisotopic (exact) mass is 298 g/mol. The van der Waals surface area contributed by atoms with Gasteiger partial charge in [-0.2, -0.15) is 5.26 Å². The largest absolute Gasteiger partial charge is 0.439 e. The summed E-state index contributed by atoms with van der Waals surface area (Å²) in [6, 6.07) is 11.3. The van der Waals surface area contributed by atoms with Gasteiger partial charge in [-0.15, -0.1) is 0 Å². The highest BCUT2D eigenvalue weighted by Gasteiger charge is 2.27. The minimum absolute atomic E-state index is 0.0709. The van der Waals surface area contributed by atoms with Crippen LogP contribution in [0, 0.1) is 23.0 Å². The van der Waals surface area contributed by atoms with Crippen LogP contribution in [0.4, 0.5) is 8.78 Å². The zero-order valence-electron chi connectivity index (χ0n) is 11.1. The molecule has 0 fully saturated rings. The predicted octanol–water partition coefficient (Wildman–Crippen LogP) is 3.60. The topological polar surface area (TPSA) is 66.9 Å². The number of carbonyl (C=O) groups excluding carboxylic acids is 1. The van der Waals surface area contributed by atoms with E-state index in [9.17, 15) is 18.8 Å². The zero-order chi connectivity index (χ0) is 15.7. The van der Waals surface area contributed by atoms with Gasteiger partial charge in [0.05, 0.1) is 6.07 Å². The van der Waals surface area contributed by atoms with Gasteiger partial charge in [0.1, 0.15) is 5.52 Å². The van der Waals surface area contributed by atoms with Crippen molar-refractivity contribution in [1.29, 1.82) is 5.26 Å².